The van der Waals surface area contributed by atoms with Crippen LogP contribution in [0.15, 0.2) is 18.5 Å². The van der Waals surface area contributed by atoms with Crippen LogP contribution < -0.4 is 10.5 Å². The molecule has 0 amide bonds. The molecule has 0 unspecified atom stereocenters. The van der Waals surface area contributed by atoms with Gasteiger partial charge in [-0.1, -0.05) is 0 Å². The van der Waals surface area contributed by atoms with E-state index < -0.39 is 12.1 Å². The van der Waals surface area contributed by atoms with Crippen molar-refractivity contribution in [3.8, 4) is 5.75 Å². The molecule has 1 rings (SSSR count). The summed E-state index contributed by atoms with van der Waals surface area (Å²) in [6, 6.07) is 1.35. The van der Waals surface area contributed by atoms with Gasteiger partial charge in [-0.05, 0) is 18.6 Å². The third-order valence-corrected chi connectivity index (χ3v) is 1.87. The van der Waals surface area contributed by atoms with Gasteiger partial charge < -0.3 is 15.6 Å². The average Bonchev–Trinajstić information content (AvgIpc) is 2.16. The normalized spacial score (nSPS) is 15.1. The number of hydrogen-bond donors (Lipinski definition) is 2. The summed E-state index contributed by atoms with van der Waals surface area (Å²) in [5.41, 5.74) is 6.49. The van der Waals surface area contributed by atoms with Crippen LogP contribution in [-0.4, -0.2) is 23.3 Å². The molecule has 72 valence electrons. The maximum Gasteiger partial charge on any atom is 0.137 e. The van der Waals surface area contributed by atoms with Crippen molar-refractivity contribution in [2.24, 2.45) is 5.73 Å². The standard InChI is InChI=1S/C9H14N2O2/c1-6(12)9(10)7-3-8(13-2)5-11-4-7/h3-6,9,12H,10H2,1-2H3/t6-,9-/m0/s1. The van der Waals surface area contributed by atoms with Gasteiger partial charge in [0.15, 0.2) is 0 Å². The topological polar surface area (TPSA) is 68.4 Å². The van der Waals surface area contributed by atoms with E-state index in [1.54, 1.807) is 32.5 Å². The molecule has 0 fully saturated rings. The second kappa shape index (κ2) is 4.20. The lowest BCUT2D eigenvalue weighted by Crippen LogP contribution is -2.23. The lowest BCUT2D eigenvalue weighted by molar-refractivity contribution is 0.164. The number of aliphatic hydroxyl groups is 1. The number of pyridine rings is 1. The SMILES string of the molecule is COc1cncc([C@@H](N)[C@H](C)O)c1. The van der Waals surface area contributed by atoms with Gasteiger partial charge in [0.25, 0.3) is 0 Å². The van der Waals surface area contributed by atoms with Gasteiger partial charge in [0.05, 0.1) is 25.5 Å². The summed E-state index contributed by atoms with van der Waals surface area (Å²) in [6.07, 6.45) is 2.63. The van der Waals surface area contributed by atoms with Gasteiger partial charge in [0.1, 0.15) is 5.75 Å². The third-order valence-electron chi connectivity index (χ3n) is 1.87. The first-order valence-corrected chi connectivity index (χ1v) is 4.07. The van der Waals surface area contributed by atoms with E-state index in [4.69, 9.17) is 10.5 Å². The summed E-state index contributed by atoms with van der Waals surface area (Å²) >= 11 is 0. The van der Waals surface area contributed by atoms with Crippen LogP contribution in [0.4, 0.5) is 0 Å². The second-order valence-electron chi connectivity index (χ2n) is 2.92. The number of hydrogen-bond acceptors (Lipinski definition) is 4. The number of aliphatic hydroxyl groups excluding tert-OH is 1. The van der Waals surface area contributed by atoms with Gasteiger partial charge in [-0.2, -0.15) is 0 Å². The Bertz CT molecular complexity index is 276. The molecule has 0 aliphatic heterocycles. The maximum absolute atomic E-state index is 9.24. The van der Waals surface area contributed by atoms with E-state index >= 15 is 0 Å². The molecule has 4 nitrogen and oxygen atoms in total. The molecular weight excluding hydrogens is 168 g/mol. The predicted octanol–water partition coefficient (Wildman–Crippen LogP) is 0.471. The molecule has 0 aliphatic rings. The number of nitrogens with zero attached hydrogens (tertiary/aromatic N) is 1. The van der Waals surface area contributed by atoms with Crippen LogP contribution in [-0.2, 0) is 0 Å². The number of ether oxygens (including phenoxy) is 1. The highest BCUT2D eigenvalue weighted by molar-refractivity contribution is 5.26. The van der Waals surface area contributed by atoms with Crippen molar-refractivity contribution in [3.05, 3.63) is 24.0 Å². The van der Waals surface area contributed by atoms with Gasteiger partial charge in [-0.25, -0.2) is 0 Å². The van der Waals surface area contributed by atoms with Gasteiger partial charge in [0, 0.05) is 6.20 Å². The number of rotatable bonds is 3. The minimum absolute atomic E-state index is 0.414. The molecule has 0 aromatic carbocycles. The molecule has 0 saturated heterocycles. The summed E-state index contributed by atoms with van der Waals surface area (Å²) in [5, 5.41) is 9.24. The molecular formula is C9H14N2O2. The zero-order chi connectivity index (χ0) is 9.84. The van der Waals surface area contributed by atoms with Crippen molar-refractivity contribution in [1.82, 2.24) is 4.98 Å². The Kier molecular flexibility index (Phi) is 3.22. The largest absolute Gasteiger partial charge is 0.495 e. The highest BCUT2D eigenvalue weighted by Crippen LogP contribution is 2.17. The Hall–Kier alpha value is -1.13. The van der Waals surface area contributed by atoms with Gasteiger partial charge in [-0.15, -0.1) is 0 Å². The molecule has 0 aliphatic carbocycles. The Labute approximate surface area is 77.4 Å². The second-order valence-corrected chi connectivity index (χ2v) is 2.92. The van der Waals surface area contributed by atoms with E-state index in [1.807, 2.05) is 0 Å². The molecule has 0 radical (unpaired) electrons. The predicted molar refractivity (Wildman–Crippen MR) is 49.4 cm³/mol. The zero-order valence-corrected chi connectivity index (χ0v) is 7.77. The smallest absolute Gasteiger partial charge is 0.137 e. The average molecular weight is 182 g/mol. The lowest BCUT2D eigenvalue weighted by Gasteiger charge is -2.14. The van der Waals surface area contributed by atoms with Crippen molar-refractivity contribution < 1.29 is 9.84 Å². The van der Waals surface area contributed by atoms with E-state index in [9.17, 15) is 5.11 Å². The van der Waals surface area contributed by atoms with Crippen LogP contribution in [0.5, 0.6) is 5.75 Å². The number of methoxy groups -OCH3 is 1. The number of aromatic nitrogens is 1. The fraction of sp³-hybridized carbons (Fsp3) is 0.444. The maximum atomic E-state index is 9.24. The minimum atomic E-state index is -0.589. The van der Waals surface area contributed by atoms with E-state index in [2.05, 4.69) is 4.98 Å². The Morgan fingerprint density at radius 3 is 2.77 bits per heavy atom. The number of nitrogens with two attached hydrogens (primary N) is 1. The fourth-order valence-electron chi connectivity index (χ4n) is 1.01. The molecule has 1 aromatic rings. The molecule has 3 N–H and O–H groups in total. The summed E-state index contributed by atoms with van der Waals surface area (Å²) in [5.74, 6) is 0.647. The van der Waals surface area contributed by atoms with Crippen LogP contribution in [0.3, 0.4) is 0 Å². The Morgan fingerprint density at radius 2 is 2.23 bits per heavy atom. The van der Waals surface area contributed by atoms with Crippen molar-refractivity contribution in [1.29, 1.82) is 0 Å². The fourth-order valence-corrected chi connectivity index (χ4v) is 1.01. The summed E-state index contributed by atoms with van der Waals surface area (Å²) < 4.78 is 4.99. The molecule has 1 aromatic heterocycles. The van der Waals surface area contributed by atoms with Crippen LogP contribution >= 0.6 is 0 Å². The van der Waals surface area contributed by atoms with Crippen molar-refractivity contribution in [3.63, 3.8) is 0 Å². The lowest BCUT2D eigenvalue weighted by atomic mass is 10.1. The van der Waals surface area contributed by atoms with Gasteiger partial charge >= 0.3 is 0 Å². The Morgan fingerprint density at radius 1 is 1.54 bits per heavy atom. The van der Waals surface area contributed by atoms with Crippen LogP contribution in [0.1, 0.15) is 18.5 Å². The van der Waals surface area contributed by atoms with Crippen molar-refractivity contribution >= 4 is 0 Å². The third kappa shape index (κ3) is 2.40. The highest BCUT2D eigenvalue weighted by Gasteiger charge is 2.12. The van der Waals surface area contributed by atoms with Crippen molar-refractivity contribution in [2.75, 3.05) is 7.11 Å². The van der Waals surface area contributed by atoms with Crippen LogP contribution in [0, 0.1) is 0 Å². The molecule has 0 saturated carbocycles. The van der Waals surface area contributed by atoms with Crippen LogP contribution in [0.2, 0.25) is 0 Å². The van der Waals surface area contributed by atoms with E-state index in [1.165, 1.54) is 0 Å². The van der Waals surface area contributed by atoms with E-state index in [0.29, 0.717) is 5.75 Å². The van der Waals surface area contributed by atoms with Gasteiger partial charge in [-0.3, -0.25) is 4.98 Å². The minimum Gasteiger partial charge on any atom is -0.495 e. The molecule has 13 heavy (non-hydrogen) atoms. The highest BCUT2D eigenvalue weighted by atomic mass is 16.5. The first-order chi connectivity index (χ1) is 6.15. The summed E-state index contributed by atoms with van der Waals surface area (Å²) in [4.78, 5) is 3.94. The van der Waals surface area contributed by atoms with Gasteiger partial charge in [0.2, 0.25) is 0 Å². The van der Waals surface area contributed by atoms with Crippen molar-refractivity contribution in [2.45, 2.75) is 19.1 Å². The van der Waals surface area contributed by atoms with Crippen LogP contribution in [0.25, 0.3) is 0 Å². The molecule has 4 heteroatoms. The summed E-state index contributed by atoms with van der Waals surface area (Å²) in [7, 11) is 1.56. The Balaban J connectivity index is 2.88. The molecule has 0 bridgehead atoms. The summed E-state index contributed by atoms with van der Waals surface area (Å²) in [6.45, 7) is 1.64. The molecule has 2 atom stereocenters. The first kappa shape index (κ1) is 9.95. The molecule has 0 spiro atoms. The van der Waals surface area contributed by atoms with E-state index in [-0.39, 0.29) is 0 Å². The molecule has 1 heterocycles. The van der Waals surface area contributed by atoms with E-state index in [0.717, 1.165) is 5.56 Å². The quantitative estimate of drug-likeness (QED) is 0.713. The monoisotopic (exact) mass is 182 g/mol. The zero-order valence-electron chi connectivity index (χ0n) is 7.77. The first-order valence-electron chi connectivity index (χ1n) is 4.07.